The van der Waals surface area contributed by atoms with Gasteiger partial charge in [0.25, 0.3) is 0 Å². The van der Waals surface area contributed by atoms with Crippen LogP contribution < -0.4 is 4.57 Å². The second-order valence-electron chi connectivity index (χ2n) is 11.5. The number of furan rings is 1. The Morgan fingerprint density at radius 3 is 2.39 bits per heavy atom. The highest BCUT2D eigenvalue weighted by Gasteiger charge is 2.45. The minimum absolute atomic E-state index is 0.161. The molecule has 0 amide bonds. The van der Waals surface area contributed by atoms with Gasteiger partial charge in [-0.05, 0) is 78.1 Å². The van der Waals surface area contributed by atoms with Crippen molar-refractivity contribution < 1.29 is 8.98 Å². The first-order valence-electron chi connectivity index (χ1n) is 13.5. The summed E-state index contributed by atoms with van der Waals surface area (Å²) >= 11 is 0. The standard InChI is InChI=1S/C34H34NO/c1-20(2)27-19-35(5)30(16-22(27)4)32-21(3)12-13-24-26-17-25-23-10-6-7-11-28(23)34(14-8-9-15-34)29(25)18-31(26)36-33(24)32/h6-7,10-13,16-20H,8-9,14-15H2,1-5H3/q+1. The molecule has 0 bridgehead atoms. The molecular formula is C34H34NO+. The highest BCUT2D eigenvalue weighted by molar-refractivity contribution is 6.11. The number of hydrogen-bond acceptors (Lipinski definition) is 1. The molecular weight excluding hydrogens is 438 g/mol. The molecule has 0 unspecified atom stereocenters. The van der Waals surface area contributed by atoms with Crippen LogP contribution in [0.5, 0.6) is 0 Å². The van der Waals surface area contributed by atoms with Crippen LogP contribution in [0.3, 0.4) is 0 Å². The summed E-state index contributed by atoms with van der Waals surface area (Å²) in [5.74, 6) is 0.501. The van der Waals surface area contributed by atoms with Gasteiger partial charge in [0.1, 0.15) is 18.2 Å². The lowest BCUT2D eigenvalue weighted by molar-refractivity contribution is -0.660. The molecule has 180 valence electrons. The van der Waals surface area contributed by atoms with Crippen LogP contribution in [0.15, 0.2) is 65.2 Å². The van der Waals surface area contributed by atoms with Crippen LogP contribution in [0.4, 0.5) is 0 Å². The Hall–Kier alpha value is -3.39. The number of benzene rings is 3. The maximum Gasteiger partial charge on any atom is 0.216 e. The van der Waals surface area contributed by atoms with Crippen molar-refractivity contribution in [3.63, 3.8) is 0 Å². The molecule has 1 spiro atoms. The summed E-state index contributed by atoms with van der Waals surface area (Å²) in [4.78, 5) is 0. The third kappa shape index (κ3) is 2.82. The monoisotopic (exact) mass is 472 g/mol. The molecule has 2 aliphatic rings. The fourth-order valence-corrected chi connectivity index (χ4v) is 7.34. The lowest BCUT2D eigenvalue weighted by atomic mass is 9.77. The largest absolute Gasteiger partial charge is 0.455 e. The molecule has 0 saturated heterocycles. The van der Waals surface area contributed by atoms with Crippen LogP contribution >= 0.6 is 0 Å². The predicted molar refractivity (Wildman–Crippen MR) is 149 cm³/mol. The Morgan fingerprint density at radius 2 is 1.61 bits per heavy atom. The van der Waals surface area contributed by atoms with E-state index in [4.69, 9.17) is 4.42 Å². The second-order valence-corrected chi connectivity index (χ2v) is 11.5. The molecule has 2 nitrogen and oxygen atoms in total. The highest BCUT2D eigenvalue weighted by atomic mass is 16.3. The molecule has 2 aliphatic carbocycles. The summed E-state index contributed by atoms with van der Waals surface area (Å²) in [6.07, 6.45) is 7.38. The first-order valence-corrected chi connectivity index (χ1v) is 13.5. The van der Waals surface area contributed by atoms with Crippen molar-refractivity contribution in [1.82, 2.24) is 0 Å². The zero-order chi connectivity index (χ0) is 24.8. The molecule has 0 radical (unpaired) electrons. The number of aromatic nitrogens is 1. The van der Waals surface area contributed by atoms with E-state index in [0.717, 1.165) is 11.2 Å². The molecule has 0 aliphatic heterocycles. The lowest BCUT2D eigenvalue weighted by Gasteiger charge is -2.26. The van der Waals surface area contributed by atoms with E-state index in [1.807, 2.05) is 0 Å². The van der Waals surface area contributed by atoms with E-state index >= 15 is 0 Å². The minimum atomic E-state index is 0.161. The Labute approximate surface area is 213 Å². The van der Waals surface area contributed by atoms with Crippen molar-refractivity contribution in [2.75, 3.05) is 0 Å². The fraction of sp³-hybridized carbons (Fsp3) is 0.324. The van der Waals surface area contributed by atoms with Crippen LogP contribution in [0.25, 0.3) is 44.3 Å². The number of aryl methyl sites for hydroxylation is 3. The highest BCUT2D eigenvalue weighted by Crippen LogP contribution is 2.58. The van der Waals surface area contributed by atoms with Gasteiger partial charge in [-0.15, -0.1) is 0 Å². The lowest BCUT2D eigenvalue weighted by Crippen LogP contribution is -2.32. The Morgan fingerprint density at radius 1 is 0.833 bits per heavy atom. The summed E-state index contributed by atoms with van der Waals surface area (Å²) in [6.45, 7) is 8.97. The number of pyridine rings is 1. The number of nitrogens with zero attached hydrogens (tertiary/aromatic N) is 1. The van der Waals surface area contributed by atoms with Crippen LogP contribution in [0, 0.1) is 13.8 Å². The molecule has 0 atom stereocenters. The topological polar surface area (TPSA) is 17.0 Å². The van der Waals surface area contributed by atoms with Crippen molar-refractivity contribution >= 4 is 21.9 Å². The van der Waals surface area contributed by atoms with E-state index in [0.29, 0.717) is 5.92 Å². The van der Waals surface area contributed by atoms with Gasteiger partial charge in [-0.1, -0.05) is 63.1 Å². The van der Waals surface area contributed by atoms with Gasteiger partial charge >= 0.3 is 0 Å². The first-order chi connectivity index (χ1) is 17.4. The molecule has 36 heavy (non-hydrogen) atoms. The molecule has 1 fully saturated rings. The van der Waals surface area contributed by atoms with Gasteiger partial charge in [0.05, 0.1) is 5.56 Å². The molecule has 2 heterocycles. The van der Waals surface area contributed by atoms with Crippen molar-refractivity contribution in [2.24, 2.45) is 7.05 Å². The zero-order valence-corrected chi connectivity index (χ0v) is 22.0. The van der Waals surface area contributed by atoms with Gasteiger partial charge in [-0.25, -0.2) is 4.57 Å². The minimum Gasteiger partial charge on any atom is -0.455 e. The predicted octanol–water partition coefficient (Wildman–Crippen LogP) is 8.66. The van der Waals surface area contributed by atoms with Crippen molar-refractivity contribution in [3.05, 3.63) is 88.6 Å². The van der Waals surface area contributed by atoms with Gasteiger partial charge in [0, 0.05) is 27.8 Å². The molecule has 2 aromatic heterocycles. The average Bonchev–Trinajstić information content (AvgIpc) is 3.56. The van der Waals surface area contributed by atoms with Gasteiger partial charge < -0.3 is 4.42 Å². The zero-order valence-electron chi connectivity index (χ0n) is 22.0. The Bertz CT molecular complexity index is 1690. The Balaban J connectivity index is 1.51. The van der Waals surface area contributed by atoms with E-state index in [9.17, 15) is 0 Å². The molecule has 1 saturated carbocycles. The average molecular weight is 473 g/mol. The smallest absolute Gasteiger partial charge is 0.216 e. The molecule has 3 aromatic carbocycles. The van der Waals surface area contributed by atoms with E-state index in [1.165, 1.54) is 86.7 Å². The third-order valence-electron chi connectivity index (χ3n) is 9.09. The first kappa shape index (κ1) is 21.9. The summed E-state index contributed by atoms with van der Waals surface area (Å²) in [7, 11) is 2.16. The van der Waals surface area contributed by atoms with E-state index in [-0.39, 0.29) is 5.41 Å². The number of rotatable bonds is 2. The number of fused-ring (bicyclic) bond motifs is 8. The van der Waals surface area contributed by atoms with Gasteiger partial charge in [-0.3, -0.25) is 0 Å². The van der Waals surface area contributed by atoms with Crippen LogP contribution in [-0.4, -0.2) is 0 Å². The fourth-order valence-electron chi connectivity index (χ4n) is 7.34. The third-order valence-corrected chi connectivity index (χ3v) is 9.09. The summed E-state index contributed by atoms with van der Waals surface area (Å²) in [6, 6.07) is 20.8. The van der Waals surface area contributed by atoms with Gasteiger partial charge in [0.2, 0.25) is 5.69 Å². The van der Waals surface area contributed by atoms with Gasteiger partial charge in [0.15, 0.2) is 6.20 Å². The SMILES string of the molecule is Cc1cc(-c2c(C)ccc3c2oc2cc4c(cc23)-c2ccccc2C42CCCC2)[n+](C)cc1C(C)C. The van der Waals surface area contributed by atoms with Crippen molar-refractivity contribution in [2.45, 2.75) is 64.7 Å². The molecule has 2 heteroatoms. The van der Waals surface area contributed by atoms with Crippen LogP contribution in [0.2, 0.25) is 0 Å². The molecule has 0 N–H and O–H groups in total. The normalized spacial score (nSPS) is 15.9. The maximum absolute atomic E-state index is 6.80. The molecule has 7 rings (SSSR count). The van der Waals surface area contributed by atoms with E-state index in [1.54, 1.807) is 0 Å². The summed E-state index contributed by atoms with van der Waals surface area (Å²) < 4.78 is 9.08. The summed E-state index contributed by atoms with van der Waals surface area (Å²) in [5.41, 5.74) is 14.4. The van der Waals surface area contributed by atoms with Gasteiger partial charge in [-0.2, -0.15) is 0 Å². The molecule has 5 aromatic rings. The van der Waals surface area contributed by atoms with E-state index in [2.05, 4.69) is 100 Å². The van der Waals surface area contributed by atoms with Crippen LogP contribution in [-0.2, 0) is 12.5 Å². The van der Waals surface area contributed by atoms with Crippen LogP contribution in [0.1, 0.15) is 73.3 Å². The van der Waals surface area contributed by atoms with Crippen molar-refractivity contribution in [1.29, 1.82) is 0 Å². The Kier molecular flexibility index (Phi) is 4.59. The quantitative estimate of drug-likeness (QED) is 0.235. The second kappa shape index (κ2) is 7.56. The maximum atomic E-state index is 6.80. The summed E-state index contributed by atoms with van der Waals surface area (Å²) in [5, 5.41) is 2.44. The van der Waals surface area contributed by atoms with Crippen molar-refractivity contribution in [3.8, 4) is 22.4 Å². The van der Waals surface area contributed by atoms with E-state index < -0.39 is 0 Å². The number of hydrogen-bond donors (Lipinski definition) is 0.